The number of nitrogens with one attached hydrogen (secondary N) is 1. The van der Waals surface area contributed by atoms with Crippen molar-refractivity contribution in [3.05, 3.63) is 81.2 Å². The van der Waals surface area contributed by atoms with Crippen molar-refractivity contribution >= 4 is 50.7 Å². The number of nitrogens with zero attached hydrogens (tertiary/aromatic N) is 1. The Morgan fingerprint density at radius 2 is 1.78 bits per heavy atom. The number of thiophene rings is 1. The second-order valence-corrected chi connectivity index (χ2v) is 10.4. The number of benzene rings is 2. The minimum absolute atomic E-state index is 0.274. The number of fused-ring (bicyclic) bond motifs is 2. The van der Waals surface area contributed by atoms with Gasteiger partial charge < -0.3 is 10.1 Å². The SMILES string of the molecule is CCOC(=O)c1c(NC(=O)c2cc(-c3ccc(Cl)cc3)nc3ccccc23)sc2c1CCCCCC2. The van der Waals surface area contributed by atoms with Crippen LogP contribution in [0.1, 0.15) is 63.8 Å². The number of carbonyl (C=O) groups is 2. The first-order valence-electron chi connectivity index (χ1n) is 12.3. The Balaban J connectivity index is 1.57. The third-order valence-corrected chi connectivity index (χ3v) is 7.94. The number of anilines is 1. The molecule has 2 aromatic carbocycles. The normalized spacial score (nSPS) is 13.5. The molecule has 184 valence electrons. The van der Waals surface area contributed by atoms with E-state index in [0.717, 1.165) is 54.1 Å². The summed E-state index contributed by atoms with van der Waals surface area (Å²) in [7, 11) is 0. The van der Waals surface area contributed by atoms with Gasteiger partial charge in [-0.1, -0.05) is 54.8 Å². The van der Waals surface area contributed by atoms with Crippen LogP contribution in [0.3, 0.4) is 0 Å². The van der Waals surface area contributed by atoms with Gasteiger partial charge in [-0.15, -0.1) is 11.3 Å². The van der Waals surface area contributed by atoms with E-state index in [-0.39, 0.29) is 18.5 Å². The zero-order valence-corrected chi connectivity index (χ0v) is 21.7. The van der Waals surface area contributed by atoms with Gasteiger partial charge in [0.1, 0.15) is 5.00 Å². The molecule has 2 aromatic heterocycles. The van der Waals surface area contributed by atoms with E-state index in [9.17, 15) is 9.59 Å². The number of hydrogen-bond acceptors (Lipinski definition) is 5. The van der Waals surface area contributed by atoms with Crippen LogP contribution >= 0.6 is 22.9 Å². The molecular formula is C29H27ClN2O3S. The molecule has 4 aromatic rings. The molecule has 2 heterocycles. The van der Waals surface area contributed by atoms with Gasteiger partial charge in [-0.25, -0.2) is 9.78 Å². The Morgan fingerprint density at radius 3 is 2.56 bits per heavy atom. The maximum Gasteiger partial charge on any atom is 0.341 e. The third-order valence-electron chi connectivity index (χ3n) is 6.48. The molecule has 5 rings (SSSR count). The highest BCUT2D eigenvalue weighted by Gasteiger charge is 2.27. The summed E-state index contributed by atoms with van der Waals surface area (Å²) in [5, 5.41) is 5.03. The van der Waals surface area contributed by atoms with Gasteiger partial charge in [0.05, 0.1) is 28.9 Å². The van der Waals surface area contributed by atoms with Gasteiger partial charge in [-0.2, -0.15) is 0 Å². The van der Waals surface area contributed by atoms with Gasteiger partial charge in [-0.05, 0) is 62.4 Å². The van der Waals surface area contributed by atoms with Crippen LogP contribution in [0.5, 0.6) is 0 Å². The van der Waals surface area contributed by atoms with Crippen molar-refractivity contribution in [1.82, 2.24) is 4.98 Å². The number of ether oxygens (including phenoxy) is 1. The summed E-state index contributed by atoms with van der Waals surface area (Å²) in [5.74, 6) is -0.643. The van der Waals surface area contributed by atoms with Crippen molar-refractivity contribution in [2.24, 2.45) is 0 Å². The number of para-hydroxylation sites is 1. The van der Waals surface area contributed by atoms with E-state index >= 15 is 0 Å². The molecule has 0 saturated carbocycles. The molecule has 0 bridgehead atoms. The topological polar surface area (TPSA) is 68.3 Å². The van der Waals surface area contributed by atoms with E-state index in [4.69, 9.17) is 21.3 Å². The molecule has 1 amide bonds. The number of esters is 1. The molecule has 0 unspecified atom stereocenters. The molecule has 7 heteroatoms. The van der Waals surface area contributed by atoms with E-state index in [1.807, 2.05) is 36.4 Å². The summed E-state index contributed by atoms with van der Waals surface area (Å²) < 4.78 is 5.40. The predicted octanol–water partition coefficient (Wildman–Crippen LogP) is 7.70. The number of hydrogen-bond donors (Lipinski definition) is 1. The van der Waals surface area contributed by atoms with Crippen molar-refractivity contribution < 1.29 is 14.3 Å². The quantitative estimate of drug-likeness (QED) is 0.275. The number of carbonyl (C=O) groups excluding carboxylic acids is 2. The maximum atomic E-state index is 13.7. The fourth-order valence-corrected chi connectivity index (χ4v) is 6.13. The molecule has 0 atom stereocenters. The number of amides is 1. The van der Waals surface area contributed by atoms with Crippen molar-refractivity contribution in [2.75, 3.05) is 11.9 Å². The lowest BCUT2D eigenvalue weighted by molar-refractivity contribution is 0.0526. The summed E-state index contributed by atoms with van der Waals surface area (Å²) in [6, 6.07) is 16.8. The molecule has 0 saturated heterocycles. The Labute approximate surface area is 219 Å². The number of halogens is 1. The predicted molar refractivity (Wildman–Crippen MR) is 146 cm³/mol. The zero-order chi connectivity index (χ0) is 25.1. The van der Waals surface area contributed by atoms with Gasteiger partial charge in [0.2, 0.25) is 0 Å². The van der Waals surface area contributed by atoms with Crippen molar-refractivity contribution in [3.8, 4) is 11.3 Å². The van der Waals surface area contributed by atoms with Gasteiger partial charge in [0, 0.05) is 20.8 Å². The standard InChI is InChI=1S/C29H27ClN2O3S/c1-2-35-29(34)26-21-10-5-3-4-6-12-25(21)36-28(26)32-27(33)22-17-24(18-13-15-19(30)16-14-18)31-23-11-8-7-9-20(22)23/h7-9,11,13-17H,2-6,10,12H2,1H3,(H,32,33). The van der Waals surface area contributed by atoms with E-state index in [2.05, 4.69) is 5.32 Å². The molecule has 0 aliphatic heterocycles. The summed E-state index contributed by atoms with van der Waals surface area (Å²) in [4.78, 5) is 32.7. The van der Waals surface area contributed by atoms with E-state index < -0.39 is 0 Å². The highest BCUT2D eigenvalue weighted by Crippen LogP contribution is 2.38. The average molecular weight is 519 g/mol. The fraction of sp³-hybridized carbons (Fsp3) is 0.276. The second kappa shape index (κ2) is 10.8. The highest BCUT2D eigenvalue weighted by molar-refractivity contribution is 7.17. The lowest BCUT2D eigenvalue weighted by Gasteiger charge is -2.12. The van der Waals surface area contributed by atoms with Crippen LogP contribution in [0, 0.1) is 0 Å². The lowest BCUT2D eigenvalue weighted by atomic mass is 9.96. The van der Waals surface area contributed by atoms with Gasteiger partial charge in [-0.3, -0.25) is 4.79 Å². The molecule has 5 nitrogen and oxygen atoms in total. The highest BCUT2D eigenvalue weighted by atomic mass is 35.5. The van der Waals surface area contributed by atoms with Crippen molar-refractivity contribution in [3.63, 3.8) is 0 Å². The van der Waals surface area contributed by atoms with Crippen LogP contribution in [0.25, 0.3) is 22.2 Å². The first kappa shape index (κ1) is 24.5. The lowest BCUT2D eigenvalue weighted by Crippen LogP contribution is -2.16. The van der Waals surface area contributed by atoms with Crippen LogP contribution in [0.2, 0.25) is 5.02 Å². The minimum atomic E-state index is -0.368. The summed E-state index contributed by atoms with van der Waals surface area (Å²) in [6.45, 7) is 2.09. The monoisotopic (exact) mass is 518 g/mol. The average Bonchev–Trinajstić information content (AvgIpc) is 3.19. The van der Waals surface area contributed by atoms with Crippen LogP contribution < -0.4 is 5.32 Å². The van der Waals surface area contributed by atoms with Crippen LogP contribution in [0.15, 0.2) is 54.6 Å². The van der Waals surface area contributed by atoms with Crippen molar-refractivity contribution in [1.29, 1.82) is 0 Å². The Bertz CT molecular complexity index is 1430. The van der Waals surface area contributed by atoms with Gasteiger partial charge >= 0.3 is 5.97 Å². The molecule has 0 radical (unpaired) electrons. The Morgan fingerprint density at radius 1 is 1.03 bits per heavy atom. The van der Waals surface area contributed by atoms with E-state index in [1.165, 1.54) is 22.6 Å². The van der Waals surface area contributed by atoms with E-state index in [1.54, 1.807) is 25.1 Å². The van der Waals surface area contributed by atoms with Crippen LogP contribution in [-0.2, 0) is 17.6 Å². The van der Waals surface area contributed by atoms with Gasteiger partial charge in [0.25, 0.3) is 5.91 Å². The number of aromatic nitrogens is 1. The molecular weight excluding hydrogens is 492 g/mol. The fourth-order valence-electron chi connectivity index (χ4n) is 4.73. The Kier molecular flexibility index (Phi) is 7.35. The first-order chi connectivity index (χ1) is 17.5. The van der Waals surface area contributed by atoms with E-state index in [0.29, 0.717) is 26.8 Å². The maximum absolute atomic E-state index is 13.7. The molecule has 0 spiro atoms. The smallest absolute Gasteiger partial charge is 0.341 e. The number of pyridine rings is 1. The summed E-state index contributed by atoms with van der Waals surface area (Å²) >= 11 is 7.58. The molecule has 36 heavy (non-hydrogen) atoms. The first-order valence-corrected chi connectivity index (χ1v) is 13.5. The van der Waals surface area contributed by atoms with Gasteiger partial charge in [0.15, 0.2) is 0 Å². The second-order valence-electron chi connectivity index (χ2n) is 8.88. The zero-order valence-electron chi connectivity index (χ0n) is 20.1. The molecule has 1 N–H and O–H groups in total. The van der Waals surface area contributed by atoms with Crippen LogP contribution in [-0.4, -0.2) is 23.5 Å². The Hall–Kier alpha value is -3.22. The molecule has 1 aliphatic carbocycles. The van der Waals surface area contributed by atoms with Crippen molar-refractivity contribution in [2.45, 2.75) is 45.4 Å². The minimum Gasteiger partial charge on any atom is -0.462 e. The summed E-state index contributed by atoms with van der Waals surface area (Å²) in [5.41, 5.74) is 4.32. The molecule has 1 aliphatic rings. The van der Waals surface area contributed by atoms with Crippen LogP contribution in [0.4, 0.5) is 5.00 Å². The number of rotatable bonds is 5. The molecule has 0 fully saturated rings. The summed E-state index contributed by atoms with van der Waals surface area (Å²) in [6.07, 6.45) is 6.20. The third kappa shape index (κ3) is 5.01. The number of aryl methyl sites for hydroxylation is 1. The largest absolute Gasteiger partial charge is 0.462 e.